The molecule has 2 aliphatic rings. The molecule has 1 unspecified atom stereocenters. The van der Waals surface area contributed by atoms with Crippen molar-refractivity contribution in [2.75, 3.05) is 19.6 Å². The van der Waals surface area contributed by atoms with Crippen LogP contribution in [0, 0.1) is 5.92 Å². The first-order chi connectivity index (χ1) is 7.79. The van der Waals surface area contributed by atoms with Gasteiger partial charge >= 0.3 is 0 Å². The molecule has 0 aromatic rings. The first kappa shape index (κ1) is 11.6. The number of rotatable bonds is 6. The fourth-order valence-electron chi connectivity index (χ4n) is 2.32. The van der Waals surface area contributed by atoms with E-state index in [4.69, 9.17) is 0 Å². The predicted molar refractivity (Wildman–Crippen MR) is 65.1 cm³/mol. The van der Waals surface area contributed by atoms with Crippen LogP contribution in [0.4, 0.5) is 0 Å². The van der Waals surface area contributed by atoms with Crippen molar-refractivity contribution in [3.05, 3.63) is 12.7 Å². The highest BCUT2D eigenvalue weighted by Crippen LogP contribution is 2.30. The molecule has 1 aliphatic heterocycles. The summed E-state index contributed by atoms with van der Waals surface area (Å²) < 4.78 is 0. The molecule has 1 atom stereocenters. The van der Waals surface area contributed by atoms with Gasteiger partial charge in [0, 0.05) is 25.6 Å². The summed E-state index contributed by atoms with van der Waals surface area (Å²) in [5.41, 5.74) is 0. The molecule has 3 nitrogen and oxygen atoms in total. The Bertz CT molecular complexity index is 255. The average molecular weight is 222 g/mol. The molecule has 1 saturated carbocycles. The fourth-order valence-corrected chi connectivity index (χ4v) is 2.32. The lowest BCUT2D eigenvalue weighted by Crippen LogP contribution is -2.41. The Kier molecular flexibility index (Phi) is 3.99. The molecule has 2 fully saturated rings. The maximum atomic E-state index is 11.9. The predicted octanol–water partition coefficient (Wildman–Crippen LogP) is 1.55. The van der Waals surface area contributed by atoms with Crippen molar-refractivity contribution >= 4 is 5.91 Å². The highest BCUT2D eigenvalue weighted by molar-refractivity contribution is 5.77. The summed E-state index contributed by atoms with van der Waals surface area (Å²) >= 11 is 0. The number of carbonyl (C=O) groups is 1. The van der Waals surface area contributed by atoms with Gasteiger partial charge in [0.15, 0.2) is 0 Å². The molecule has 0 bridgehead atoms. The summed E-state index contributed by atoms with van der Waals surface area (Å²) in [6.45, 7) is 6.61. The van der Waals surface area contributed by atoms with Gasteiger partial charge in [0.25, 0.3) is 0 Å². The molecule has 16 heavy (non-hydrogen) atoms. The lowest BCUT2D eigenvalue weighted by atomic mass is 10.2. The van der Waals surface area contributed by atoms with E-state index in [0.29, 0.717) is 12.5 Å². The zero-order valence-corrected chi connectivity index (χ0v) is 9.95. The summed E-state index contributed by atoms with van der Waals surface area (Å²) in [6.07, 6.45) is 7.26. The number of amides is 1. The van der Waals surface area contributed by atoms with Crippen molar-refractivity contribution in [3.63, 3.8) is 0 Å². The molecule has 1 amide bonds. The summed E-state index contributed by atoms with van der Waals surface area (Å²) in [5, 5.41) is 3.46. The van der Waals surface area contributed by atoms with Crippen molar-refractivity contribution < 1.29 is 4.79 Å². The third-order valence-electron chi connectivity index (χ3n) is 3.45. The van der Waals surface area contributed by atoms with Crippen molar-refractivity contribution in [2.45, 2.75) is 38.1 Å². The minimum atomic E-state index is 0.246. The molecule has 2 rings (SSSR count). The van der Waals surface area contributed by atoms with Gasteiger partial charge in [0.2, 0.25) is 5.91 Å². The van der Waals surface area contributed by atoms with Crippen LogP contribution in [0.2, 0.25) is 0 Å². The van der Waals surface area contributed by atoms with Crippen LogP contribution in [-0.4, -0.2) is 36.5 Å². The molecule has 1 heterocycles. The largest absolute Gasteiger partial charge is 0.341 e. The highest BCUT2D eigenvalue weighted by atomic mass is 16.2. The molecule has 0 radical (unpaired) electrons. The first-order valence-corrected chi connectivity index (χ1v) is 6.41. The first-order valence-electron chi connectivity index (χ1n) is 6.41. The summed E-state index contributed by atoms with van der Waals surface area (Å²) in [5.74, 6) is 1.02. The normalized spacial score (nSPS) is 24.4. The Hall–Kier alpha value is -0.830. The smallest absolute Gasteiger partial charge is 0.226 e. The van der Waals surface area contributed by atoms with E-state index in [1.165, 1.54) is 25.7 Å². The van der Waals surface area contributed by atoms with E-state index >= 15 is 0 Å². The molecule has 1 N–H and O–H groups in total. The van der Waals surface area contributed by atoms with Crippen molar-refractivity contribution in [1.82, 2.24) is 10.2 Å². The molecule has 1 aliphatic carbocycles. The highest BCUT2D eigenvalue weighted by Gasteiger charge is 2.28. The fraction of sp³-hybridized carbons (Fsp3) is 0.769. The van der Waals surface area contributed by atoms with Crippen molar-refractivity contribution in [1.29, 1.82) is 0 Å². The summed E-state index contributed by atoms with van der Waals surface area (Å²) in [7, 11) is 0. The van der Waals surface area contributed by atoms with Gasteiger partial charge in [-0.3, -0.25) is 4.79 Å². The summed E-state index contributed by atoms with van der Waals surface area (Å²) in [4.78, 5) is 14.0. The lowest BCUT2D eigenvalue weighted by Gasteiger charge is -2.25. The van der Waals surface area contributed by atoms with Crippen LogP contribution in [0.15, 0.2) is 12.7 Å². The minimum absolute atomic E-state index is 0.246. The molecule has 3 heteroatoms. The van der Waals surface area contributed by atoms with Crippen LogP contribution >= 0.6 is 0 Å². The molecule has 0 aromatic carbocycles. The third kappa shape index (κ3) is 3.34. The Morgan fingerprint density at radius 1 is 1.38 bits per heavy atom. The second kappa shape index (κ2) is 5.48. The Labute approximate surface area is 97.9 Å². The van der Waals surface area contributed by atoms with Gasteiger partial charge in [-0.15, -0.1) is 6.58 Å². The SMILES string of the molecule is C=CCC(=O)N(CC1CC1)CC1CCCN1. The van der Waals surface area contributed by atoms with Crippen LogP contribution in [-0.2, 0) is 4.79 Å². The van der Waals surface area contributed by atoms with E-state index < -0.39 is 0 Å². The van der Waals surface area contributed by atoms with Crippen molar-refractivity contribution in [2.24, 2.45) is 5.92 Å². The van der Waals surface area contributed by atoms with E-state index in [2.05, 4.69) is 11.9 Å². The molecule has 0 spiro atoms. The maximum absolute atomic E-state index is 11.9. The second-order valence-electron chi connectivity index (χ2n) is 5.03. The second-order valence-corrected chi connectivity index (χ2v) is 5.03. The summed E-state index contributed by atoms with van der Waals surface area (Å²) in [6, 6.07) is 0.521. The van der Waals surface area contributed by atoms with Crippen LogP contribution < -0.4 is 5.32 Å². The van der Waals surface area contributed by atoms with E-state index in [0.717, 1.165) is 25.6 Å². The minimum Gasteiger partial charge on any atom is -0.341 e. The molecule has 90 valence electrons. The van der Waals surface area contributed by atoms with Gasteiger partial charge in [0.1, 0.15) is 0 Å². The molecule has 0 aromatic heterocycles. The van der Waals surface area contributed by atoms with E-state index in [-0.39, 0.29) is 5.91 Å². The van der Waals surface area contributed by atoms with Crippen LogP contribution in [0.5, 0.6) is 0 Å². The zero-order chi connectivity index (χ0) is 11.4. The maximum Gasteiger partial charge on any atom is 0.226 e. The van der Waals surface area contributed by atoms with E-state index in [9.17, 15) is 4.79 Å². The van der Waals surface area contributed by atoms with Gasteiger partial charge in [0.05, 0.1) is 0 Å². The van der Waals surface area contributed by atoms with Crippen LogP contribution in [0.1, 0.15) is 32.1 Å². The standard InChI is InChI=1S/C13H22N2O/c1-2-4-13(16)15(9-11-6-7-11)10-12-5-3-8-14-12/h2,11-12,14H,1,3-10H2. The number of carbonyl (C=O) groups excluding carboxylic acids is 1. The van der Waals surface area contributed by atoms with E-state index in [1.54, 1.807) is 6.08 Å². The Morgan fingerprint density at radius 2 is 2.19 bits per heavy atom. The van der Waals surface area contributed by atoms with Crippen LogP contribution in [0.25, 0.3) is 0 Å². The molecule has 1 saturated heterocycles. The number of hydrogen-bond donors (Lipinski definition) is 1. The number of nitrogens with zero attached hydrogens (tertiary/aromatic N) is 1. The quantitative estimate of drug-likeness (QED) is 0.692. The third-order valence-corrected chi connectivity index (χ3v) is 3.45. The van der Waals surface area contributed by atoms with Gasteiger partial charge < -0.3 is 10.2 Å². The van der Waals surface area contributed by atoms with Gasteiger partial charge in [-0.05, 0) is 38.1 Å². The van der Waals surface area contributed by atoms with Gasteiger partial charge in [-0.1, -0.05) is 6.08 Å². The topological polar surface area (TPSA) is 32.3 Å². The van der Waals surface area contributed by atoms with Gasteiger partial charge in [-0.2, -0.15) is 0 Å². The average Bonchev–Trinajstić information content (AvgIpc) is 2.92. The lowest BCUT2D eigenvalue weighted by molar-refractivity contribution is -0.130. The number of nitrogens with one attached hydrogen (secondary N) is 1. The van der Waals surface area contributed by atoms with Crippen LogP contribution in [0.3, 0.4) is 0 Å². The molecular formula is C13H22N2O. The van der Waals surface area contributed by atoms with Crippen molar-refractivity contribution in [3.8, 4) is 0 Å². The van der Waals surface area contributed by atoms with E-state index in [1.807, 2.05) is 4.90 Å². The van der Waals surface area contributed by atoms with Gasteiger partial charge in [-0.25, -0.2) is 0 Å². The Balaban J connectivity index is 1.84. The Morgan fingerprint density at radius 3 is 2.75 bits per heavy atom. The number of hydrogen-bond acceptors (Lipinski definition) is 2. The molecular weight excluding hydrogens is 200 g/mol. The monoisotopic (exact) mass is 222 g/mol. The zero-order valence-electron chi connectivity index (χ0n) is 9.95.